The molecule has 2 unspecified atom stereocenters. The van der Waals surface area contributed by atoms with Gasteiger partial charge in [-0.25, -0.2) is 0 Å². The molecule has 136 valence electrons. The number of nitrogens with zero attached hydrogens (tertiary/aromatic N) is 1. The van der Waals surface area contributed by atoms with E-state index in [1.54, 1.807) is 14.2 Å². The molecule has 1 aliphatic carbocycles. The molecule has 2 aliphatic rings. The van der Waals surface area contributed by atoms with Crippen molar-refractivity contribution in [1.29, 1.82) is 0 Å². The van der Waals surface area contributed by atoms with Crippen LogP contribution >= 0.6 is 0 Å². The minimum atomic E-state index is -0.441. The van der Waals surface area contributed by atoms with Crippen LogP contribution in [0.2, 0.25) is 0 Å². The Kier molecular flexibility index (Phi) is 4.30. The molecule has 1 heterocycles. The summed E-state index contributed by atoms with van der Waals surface area (Å²) < 4.78 is 10.6. The molecule has 2 bridgehead atoms. The predicted molar refractivity (Wildman–Crippen MR) is 94.6 cm³/mol. The number of imide groups is 1. The van der Waals surface area contributed by atoms with Crippen molar-refractivity contribution in [1.82, 2.24) is 4.90 Å². The van der Waals surface area contributed by atoms with E-state index in [1.165, 1.54) is 4.90 Å². The lowest BCUT2D eigenvalue weighted by Crippen LogP contribution is -2.59. The summed E-state index contributed by atoms with van der Waals surface area (Å²) in [5.74, 6) is 1.25. The monoisotopic (exact) mass is 345 g/mol. The molecule has 0 aromatic heterocycles. The molecule has 3 rings (SSSR count). The molecule has 1 saturated heterocycles. The number of likely N-dealkylation sites (tertiary alicyclic amines) is 1. The smallest absolute Gasteiger partial charge is 0.235 e. The molecule has 25 heavy (non-hydrogen) atoms. The number of hydrogen-bond acceptors (Lipinski definition) is 4. The molecule has 5 nitrogen and oxygen atoms in total. The van der Waals surface area contributed by atoms with Gasteiger partial charge in [0.15, 0.2) is 11.5 Å². The largest absolute Gasteiger partial charge is 0.493 e. The van der Waals surface area contributed by atoms with E-state index in [4.69, 9.17) is 9.47 Å². The van der Waals surface area contributed by atoms with E-state index in [0.717, 1.165) is 18.4 Å². The summed E-state index contributed by atoms with van der Waals surface area (Å²) >= 11 is 0. The number of piperidine rings is 1. The van der Waals surface area contributed by atoms with Crippen LogP contribution in [0, 0.1) is 16.7 Å². The van der Waals surface area contributed by atoms with Crippen molar-refractivity contribution in [3.05, 3.63) is 23.8 Å². The molecule has 0 N–H and O–H groups in total. The van der Waals surface area contributed by atoms with Crippen LogP contribution in [0.15, 0.2) is 18.2 Å². The van der Waals surface area contributed by atoms with Crippen LogP contribution < -0.4 is 9.47 Å². The molecule has 2 fully saturated rings. The quantitative estimate of drug-likeness (QED) is 0.770. The Morgan fingerprint density at radius 2 is 1.80 bits per heavy atom. The molecule has 5 heteroatoms. The summed E-state index contributed by atoms with van der Waals surface area (Å²) in [5, 5.41) is 0. The maximum absolute atomic E-state index is 13.0. The van der Waals surface area contributed by atoms with Crippen molar-refractivity contribution < 1.29 is 19.1 Å². The molecule has 1 saturated carbocycles. The zero-order valence-corrected chi connectivity index (χ0v) is 15.7. The molecule has 1 aromatic rings. The van der Waals surface area contributed by atoms with Gasteiger partial charge in [0.25, 0.3) is 0 Å². The number of ether oxygens (including phenoxy) is 2. The fraction of sp³-hybridized carbons (Fsp3) is 0.600. The first kappa shape index (κ1) is 17.8. The second-order valence-corrected chi connectivity index (χ2v) is 7.88. The standard InChI is InChI=1S/C20H27NO4/c1-19(2)14-8-10-20(19,3)18(23)21(17(14)22)11-9-13-6-7-15(24-4)16(12-13)25-5/h6-7,12,14H,8-11H2,1-5H3. The lowest BCUT2D eigenvalue weighted by molar-refractivity contribution is -0.167. The molecule has 0 spiro atoms. The Bertz CT molecular complexity index is 712. The predicted octanol–water partition coefficient (Wildman–Crippen LogP) is 3.06. The topological polar surface area (TPSA) is 55.8 Å². The van der Waals surface area contributed by atoms with Crippen molar-refractivity contribution in [3.63, 3.8) is 0 Å². The van der Waals surface area contributed by atoms with Gasteiger partial charge in [0.1, 0.15) is 0 Å². The highest BCUT2D eigenvalue weighted by Crippen LogP contribution is 2.60. The normalized spacial score (nSPS) is 27.6. The zero-order chi connectivity index (χ0) is 18.4. The van der Waals surface area contributed by atoms with Crippen LogP contribution in [0.5, 0.6) is 11.5 Å². The minimum Gasteiger partial charge on any atom is -0.493 e. The van der Waals surface area contributed by atoms with E-state index >= 15 is 0 Å². The van der Waals surface area contributed by atoms with Crippen molar-refractivity contribution in [2.45, 2.75) is 40.0 Å². The van der Waals surface area contributed by atoms with Gasteiger partial charge in [0, 0.05) is 12.5 Å². The van der Waals surface area contributed by atoms with E-state index in [0.29, 0.717) is 24.5 Å². The van der Waals surface area contributed by atoms with Gasteiger partial charge in [-0.3, -0.25) is 14.5 Å². The van der Waals surface area contributed by atoms with Crippen LogP contribution in [-0.4, -0.2) is 37.5 Å². The summed E-state index contributed by atoms with van der Waals surface area (Å²) in [4.78, 5) is 27.4. The fourth-order valence-electron chi connectivity index (χ4n) is 4.39. The van der Waals surface area contributed by atoms with Crippen molar-refractivity contribution >= 4 is 11.8 Å². The number of fused-ring (bicyclic) bond motifs is 2. The van der Waals surface area contributed by atoms with Gasteiger partial charge in [-0.2, -0.15) is 0 Å². The lowest BCUT2D eigenvalue weighted by Gasteiger charge is -2.47. The van der Waals surface area contributed by atoms with Crippen LogP contribution in [0.1, 0.15) is 39.2 Å². The second-order valence-electron chi connectivity index (χ2n) is 7.88. The third kappa shape index (κ3) is 2.52. The zero-order valence-electron chi connectivity index (χ0n) is 15.7. The lowest BCUT2D eigenvalue weighted by atomic mass is 9.62. The fourth-order valence-corrected chi connectivity index (χ4v) is 4.39. The molecule has 1 aliphatic heterocycles. The number of benzene rings is 1. The van der Waals surface area contributed by atoms with Gasteiger partial charge in [-0.1, -0.05) is 26.8 Å². The minimum absolute atomic E-state index is 0.00884. The Morgan fingerprint density at radius 1 is 1.12 bits per heavy atom. The molecule has 1 aromatic carbocycles. The van der Waals surface area contributed by atoms with Gasteiger partial charge < -0.3 is 9.47 Å². The number of hydrogen-bond donors (Lipinski definition) is 0. The summed E-state index contributed by atoms with van der Waals surface area (Å²) in [6, 6.07) is 5.70. The Labute approximate surface area is 149 Å². The third-order valence-corrected chi connectivity index (χ3v) is 6.58. The third-order valence-electron chi connectivity index (χ3n) is 6.58. The summed E-state index contributed by atoms with van der Waals surface area (Å²) in [5.41, 5.74) is 0.310. The summed E-state index contributed by atoms with van der Waals surface area (Å²) in [6.45, 7) is 6.55. The summed E-state index contributed by atoms with van der Waals surface area (Å²) in [6.07, 6.45) is 2.21. The number of methoxy groups -OCH3 is 2. The summed E-state index contributed by atoms with van der Waals surface area (Å²) in [7, 11) is 3.20. The first-order chi connectivity index (χ1) is 11.8. The van der Waals surface area contributed by atoms with E-state index in [-0.39, 0.29) is 23.1 Å². The van der Waals surface area contributed by atoms with Gasteiger partial charge in [-0.05, 0) is 42.4 Å². The number of rotatable bonds is 5. The molecule has 0 radical (unpaired) electrons. The number of carbonyl (C=O) groups is 2. The Morgan fingerprint density at radius 3 is 2.44 bits per heavy atom. The average molecular weight is 345 g/mol. The number of amides is 2. The van der Waals surface area contributed by atoms with Crippen molar-refractivity contribution in [2.24, 2.45) is 16.7 Å². The van der Waals surface area contributed by atoms with Gasteiger partial charge in [-0.15, -0.1) is 0 Å². The maximum atomic E-state index is 13.0. The van der Waals surface area contributed by atoms with Crippen LogP contribution in [0.25, 0.3) is 0 Å². The van der Waals surface area contributed by atoms with E-state index in [9.17, 15) is 9.59 Å². The second kappa shape index (κ2) is 6.04. The highest BCUT2D eigenvalue weighted by molar-refractivity contribution is 6.03. The van der Waals surface area contributed by atoms with Gasteiger partial charge >= 0.3 is 0 Å². The van der Waals surface area contributed by atoms with Crippen LogP contribution in [0.3, 0.4) is 0 Å². The molecule has 2 amide bonds. The highest BCUT2D eigenvalue weighted by Gasteiger charge is 2.64. The van der Waals surface area contributed by atoms with E-state index in [1.807, 2.05) is 25.1 Å². The highest BCUT2D eigenvalue weighted by atomic mass is 16.5. The van der Waals surface area contributed by atoms with Gasteiger partial charge in [0.2, 0.25) is 11.8 Å². The first-order valence-corrected chi connectivity index (χ1v) is 8.83. The van der Waals surface area contributed by atoms with Gasteiger partial charge in [0.05, 0.1) is 19.6 Å². The Balaban J connectivity index is 1.78. The van der Waals surface area contributed by atoms with Crippen LogP contribution in [-0.2, 0) is 16.0 Å². The first-order valence-electron chi connectivity index (χ1n) is 8.83. The molecule has 2 atom stereocenters. The number of carbonyl (C=O) groups excluding carboxylic acids is 2. The Hall–Kier alpha value is -2.04. The van der Waals surface area contributed by atoms with E-state index < -0.39 is 5.41 Å². The molecular formula is C20H27NO4. The van der Waals surface area contributed by atoms with Crippen molar-refractivity contribution in [3.8, 4) is 11.5 Å². The maximum Gasteiger partial charge on any atom is 0.235 e. The van der Waals surface area contributed by atoms with Crippen molar-refractivity contribution in [2.75, 3.05) is 20.8 Å². The van der Waals surface area contributed by atoms with Crippen LogP contribution in [0.4, 0.5) is 0 Å². The average Bonchev–Trinajstić information content (AvgIpc) is 2.78. The SMILES string of the molecule is COc1ccc(CCN2C(=O)C3CCC(C)(C2=O)C3(C)C)cc1OC. The van der Waals surface area contributed by atoms with E-state index in [2.05, 4.69) is 13.8 Å². The molecular weight excluding hydrogens is 318 g/mol.